The number of ether oxygens (including phenoxy) is 1. The van der Waals surface area contributed by atoms with E-state index in [4.69, 9.17) is 4.74 Å². The van der Waals surface area contributed by atoms with Gasteiger partial charge in [0.15, 0.2) is 0 Å². The van der Waals surface area contributed by atoms with Gasteiger partial charge in [-0.3, -0.25) is 0 Å². The molecule has 0 heterocycles. The van der Waals surface area contributed by atoms with Gasteiger partial charge in [-0.15, -0.1) is 0 Å². The van der Waals surface area contributed by atoms with Gasteiger partial charge in [0.1, 0.15) is 0 Å². The molecule has 1 atom stereocenters. The summed E-state index contributed by atoms with van der Waals surface area (Å²) in [6.07, 6.45) is 2.60. The SMILES string of the molecule is COC(C)CCc1ccc(C[SiH3])cc1. The third-order valence-electron chi connectivity index (χ3n) is 2.67. The second-order valence-electron chi connectivity index (χ2n) is 3.76. The van der Waals surface area contributed by atoms with Gasteiger partial charge >= 0.3 is 0 Å². The number of aryl methyl sites for hydroxylation is 1. The summed E-state index contributed by atoms with van der Waals surface area (Å²) >= 11 is 0. The van der Waals surface area contributed by atoms with Crippen LogP contribution < -0.4 is 0 Å². The highest BCUT2D eigenvalue weighted by Crippen LogP contribution is 2.08. The Balaban J connectivity index is 2.43. The molecule has 0 saturated heterocycles. The quantitative estimate of drug-likeness (QED) is 0.667. The molecule has 0 bridgehead atoms. The van der Waals surface area contributed by atoms with Crippen LogP contribution in [0, 0.1) is 0 Å². The molecule has 1 unspecified atom stereocenters. The predicted octanol–water partition coefficient (Wildman–Crippen LogP) is 1.52. The maximum atomic E-state index is 5.22. The van der Waals surface area contributed by atoms with Crippen molar-refractivity contribution in [3.05, 3.63) is 35.4 Å². The van der Waals surface area contributed by atoms with Crippen LogP contribution in [0.15, 0.2) is 24.3 Å². The lowest BCUT2D eigenvalue weighted by molar-refractivity contribution is 0.111. The van der Waals surface area contributed by atoms with Crippen molar-refractivity contribution in [1.82, 2.24) is 0 Å². The van der Waals surface area contributed by atoms with Gasteiger partial charge in [-0.2, -0.15) is 0 Å². The van der Waals surface area contributed by atoms with Crippen LogP contribution >= 0.6 is 0 Å². The van der Waals surface area contributed by atoms with Crippen LogP contribution in [-0.4, -0.2) is 23.5 Å². The molecule has 1 aromatic rings. The Labute approximate surface area is 89.9 Å². The lowest BCUT2D eigenvalue weighted by atomic mass is 10.1. The number of rotatable bonds is 5. The first-order valence-corrected chi connectivity index (χ1v) is 6.78. The number of benzene rings is 1. The Morgan fingerprint density at radius 1 is 1.21 bits per heavy atom. The van der Waals surface area contributed by atoms with Gasteiger partial charge in [0.2, 0.25) is 0 Å². The van der Waals surface area contributed by atoms with E-state index < -0.39 is 0 Å². The van der Waals surface area contributed by atoms with E-state index in [1.54, 1.807) is 7.11 Å². The molecule has 2 heteroatoms. The normalized spacial score (nSPS) is 13.0. The second kappa shape index (κ2) is 5.99. The topological polar surface area (TPSA) is 9.23 Å². The third-order valence-corrected chi connectivity index (χ3v) is 3.49. The molecular formula is C12H20OSi. The summed E-state index contributed by atoms with van der Waals surface area (Å²) in [4.78, 5) is 0. The van der Waals surface area contributed by atoms with Gasteiger partial charge in [-0.25, -0.2) is 0 Å². The summed E-state index contributed by atoms with van der Waals surface area (Å²) in [7, 11) is 3.03. The first-order chi connectivity index (χ1) is 6.76. The fraction of sp³-hybridized carbons (Fsp3) is 0.500. The van der Waals surface area contributed by atoms with E-state index >= 15 is 0 Å². The molecule has 0 aliphatic carbocycles. The van der Waals surface area contributed by atoms with E-state index in [1.165, 1.54) is 27.4 Å². The molecule has 0 saturated carbocycles. The van der Waals surface area contributed by atoms with Crippen molar-refractivity contribution in [2.75, 3.05) is 7.11 Å². The molecule has 1 nitrogen and oxygen atoms in total. The molecule has 0 N–H and O–H groups in total. The highest BCUT2D eigenvalue weighted by molar-refractivity contribution is 6.08. The van der Waals surface area contributed by atoms with Crippen molar-refractivity contribution in [3.8, 4) is 0 Å². The van der Waals surface area contributed by atoms with Crippen LogP contribution in [0.1, 0.15) is 24.5 Å². The Kier molecular flexibility index (Phi) is 4.91. The van der Waals surface area contributed by atoms with E-state index in [0.29, 0.717) is 6.10 Å². The minimum absolute atomic E-state index is 0.369. The molecule has 0 aliphatic rings. The number of hydrogen-bond donors (Lipinski definition) is 0. The standard InChI is InChI=1S/C12H20OSi/c1-10(13-2)3-4-11-5-7-12(9-14)8-6-11/h5-8,10H,3-4,9H2,1-2,14H3. The van der Waals surface area contributed by atoms with Crippen LogP contribution in [0.3, 0.4) is 0 Å². The Bertz CT molecular complexity index is 256. The van der Waals surface area contributed by atoms with E-state index in [1.807, 2.05) is 0 Å². The monoisotopic (exact) mass is 208 g/mol. The summed E-state index contributed by atoms with van der Waals surface area (Å²) in [5.41, 5.74) is 2.90. The van der Waals surface area contributed by atoms with Gasteiger partial charge in [-0.1, -0.05) is 29.8 Å². The number of methoxy groups -OCH3 is 1. The molecule has 1 aromatic carbocycles. The molecule has 0 fully saturated rings. The zero-order chi connectivity index (χ0) is 10.4. The Morgan fingerprint density at radius 3 is 2.29 bits per heavy atom. The molecule has 78 valence electrons. The predicted molar refractivity (Wildman–Crippen MR) is 64.9 cm³/mol. The number of hydrogen-bond acceptors (Lipinski definition) is 1. The first kappa shape index (κ1) is 11.5. The largest absolute Gasteiger partial charge is 0.382 e. The zero-order valence-corrected chi connectivity index (χ0v) is 11.4. The van der Waals surface area contributed by atoms with Crippen molar-refractivity contribution < 1.29 is 4.74 Å². The van der Waals surface area contributed by atoms with Crippen LogP contribution in [0.5, 0.6) is 0 Å². The Morgan fingerprint density at radius 2 is 1.79 bits per heavy atom. The average Bonchev–Trinajstić information content (AvgIpc) is 2.26. The molecule has 0 amide bonds. The summed E-state index contributed by atoms with van der Waals surface area (Å²) < 4.78 is 5.22. The van der Waals surface area contributed by atoms with Crippen LogP contribution in [-0.2, 0) is 17.2 Å². The molecule has 14 heavy (non-hydrogen) atoms. The summed E-state index contributed by atoms with van der Waals surface area (Å²) in [6.45, 7) is 2.12. The van der Waals surface area contributed by atoms with Gasteiger partial charge in [0.05, 0.1) is 6.10 Å². The summed E-state index contributed by atoms with van der Waals surface area (Å²) in [5.74, 6) is 0. The van der Waals surface area contributed by atoms with Crippen LogP contribution in [0.4, 0.5) is 0 Å². The van der Waals surface area contributed by atoms with Gasteiger partial charge in [0.25, 0.3) is 0 Å². The highest BCUT2D eigenvalue weighted by atomic mass is 28.1. The van der Waals surface area contributed by atoms with Crippen LogP contribution in [0.2, 0.25) is 0 Å². The van der Waals surface area contributed by atoms with Crippen LogP contribution in [0.25, 0.3) is 0 Å². The lowest BCUT2D eigenvalue weighted by Crippen LogP contribution is -2.05. The highest BCUT2D eigenvalue weighted by Gasteiger charge is 2.00. The maximum absolute atomic E-state index is 5.22. The molecule has 0 aromatic heterocycles. The summed E-state index contributed by atoms with van der Waals surface area (Å²) in [5, 5.41) is 0. The maximum Gasteiger partial charge on any atom is 0.0546 e. The fourth-order valence-electron chi connectivity index (χ4n) is 1.43. The molecule has 1 rings (SSSR count). The fourth-order valence-corrected chi connectivity index (χ4v) is 1.90. The van der Waals surface area contributed by atoms with Gasteiger partial charge in [0, 0.05) is 17.4 Å². The van der Waals surface area contributed by atoms with Crippen molar-refractivity contribution in [2.24, 2.45) is 0 Å². The third kappa shape index (κ3) is 3.64. The van der Waals surface area contributed by atoms with Crippen molar-refractivity contribution in [3.63, 3.8) is 0 Å². The molecule has 0 spiro atoms. The van der Waals surface area contributed by atoms with Crippen molar-refractivity contribution >= 4 is 10.2 Å². The zero-order valence-electron chi connectivity index (χ0n) is 9.42. The van der Waals surface area contributed by atoms with E-state index in [9.17, 15) is 0 Å². The van der Waals surface area contributed by atoms with Gasteiger partial charge < -0.3 is 4.74 Å². The molecule has 0 radical (unpaired) electrons. The first-order valence-electron chi connectivity index (χ1n) is 5.37. The summed E-state index contributed by atoms with van der Waals surface area (Å²) in [6, 6.07) is 10.2. The Hall–Kier alpha value is -0.603. The van der Waals surface area contributed by atoms with E-state index in [0.717, 1.165) is 12.8 Å². The van der Waals surface area contributed by atoms with Gasteiger partial charge in [-0.05, 0) is 31.4 Å². The average molecular weight is 208 g/mol. The molecule has 0 aliphatic heterocycles. The molecular weight excluding hydrogens is 188 g/mol. The minimum Gasteiger partial charge on any atom is -0.382 e. The smallest absolute Gasteiger partial charge is 0.0546 e. The van der Waals surface area contributed by atoms with E-state index in [2.05, 4.69) is 31.2 Å². The minimum atomic E-state index is 0.369. The van der Waals surface area contributed by atoms with Crippen molar-refractivity contribution in [1.29, 1.82) is 0 Å². The van der Waals surface area contributed by atoms with E-state index in [-0.39, 0.29) is 0 Å². The van der Waals surface area contributed by atoms with Crippen molar-refractivity contribution in [2.45, 2.75) is 31.9 Å². The lowest BCUT2D eigenvalue weighted by Gasteiger charge is -2.09. The second-order valence-corrected chi connectivity index (χ2v) is 4.46.